The Hall–Kier alpha value is -2.34. The van der Waals surface area contributed by atoms with Crippen LogP contribution in [0.4, 0.5) is 5.69 Å². The number of anilines is 1. The SMILES string of the molecule is CS(=O)(=O)c1ccc(C(=O)NCc2ccccc2N)cc1. The van der Waals surface area contributed by atoms with Crippen LogP contribution in [0.5, 0.6) is 0 Å². The van der Waals surface area contributed by atoms with Gasteiger partial charge in [-0.2, -0.15) is 0 Å². The first-order valence-electron chi connectivity index (χ1n) is 6.29. The summed E-state index contributed by atoms with van der Waals surface area (Å²) in [4.78, 5) is 12.2. The Morgan fingerprint density at radius 1 is 1.10 bits per heavy atom. The number of amides is 1. The number of sulfone groups is 1. The number of para-hydroxylation sites is 1. The number of nitrogens with one attached hydrogen (secondary N) is 1. The highest BCUT2D eigenvalue weighted by Gasteiger charge is 2.10. The Morgan fingerprint density at radius 2 is 1.71 bits per heavy atom. The van der Waals surface area contributed by atoms with Crippen molar-refractivity contribution in [2.45, 2.75) is 11.4 Å². The largest absolute Gasteiger partial charge is 0.398 e. The van der Waals surface area contributed by atoms with E-state index in [2.05, 4.69) is 5.32 Å². The molecular weight excluding hydrogens is 288 g/mol. The standard InChI is InChI=1S/C15H16N2O3S/c1-21(19,20)13-8-6-11(7-9-13)15(18)17-10-12-4-2-3-5-14(12)16/h2-9H,10,16H2,1H3,(H,17,18). The van der Waals surface area contributed by atoms with E-state index in [1.165, 1.54) is 24.3 Å². The van der Waals surface area contributed by atoms with Crippen LogP contribution < -0.4 is 11.1 Å². The number of nitrogens with two attached hydrogens (primary N) is 1. The lowest BCUT2D eigenvalue weighted by Crippen LogP contribution is -2.23. The summed E-state index contributed by atoms with van der Waals surface area (Å²) in [6.07, 6.45) is 1.13. The third kappa shape index (κ3) is 3.82. The summed E-state index contributed by atoms with van der Waals surface area (Å²) in [5, 5.41) is 2.75. The molecule has 0 heterocycles. The van der Waals surface area contributed by atoms with Crippen LogP contribution in [0.25, 0.3) is 0 Å². The molecule has 0 atom stereocenters. The molecule has 2 aromatic carbocycles. The van der Waals surface area contributed by atoms with E-state index in [1.54, 1.807) is 6.07 Å². The monoisotopic (exact) mass is 304 g/mol. The average molecular weight is 304 g/mol. The molecule has 0 aliphatic rings. The molecule has 110 valence electrons. The van der Waals surface area contributed by atoms with Crippen molar-refractivity contribution >= 4 is 21.4 Å². The molecule has 1 amide bonds. The number of rotatable bonds is 4. The summed E-state index contributed by atoms with van der Waals surface area (Å²) >= 11 is 0. The minimum Gasteiger partial charge on any atom is -0.398 e. The first kappa shape index (κ1) is 15.1. The van der Waals surface area contributed by atoms with Crippen LogP contribution >= 0.6 is 0 Å². The minimum atomic E-state index is -3.25. The van der Waals surface area contributed by atoms with Gasteiger partial charge in [0.1, 0.15) is 0 Å². The third-order valence-corrected chi connectivity index (χ3v) is 4.17. The lowest BCUT2D eigenvalue weighted by molar-refractivity contribution is 0.0951. The molecule has 5 nitrogen and oxygen atoms in total. The van der Waals surface area contributed by atoms with Gasteiger partial charge in [-0.25, -0.2) is 8.42 Å². The van der Waals surface area contributed by atoms with Crippen molar-refractivity contribution in [3.05, 3.63) is 59.7 Å². The number of nitrogen functional groups attached to an aromatic ring is 1. The van der Waals surface area contributed by atoms with Gasteiger partial charge >= 0.3 is 0 Å². The fourth-order valence-electron chi connectivity index (χ4n) is 1.83. The number of benzene rings is 2. The fourth-order valence-corrected chi connectivity index (χ4v) is 2.46. The number of carbonyl (C=O) groups excluding carboxylic acids is 1. The molecule has 2 rings (SSSR count). The molecule has 21 heavy (non-hydrogen) atoms. The van der Waals surface area contributed by atoms with Gasteiger partial charge in [0.15, 0.2) is 9.84 Å². The second-order valence-corrected chi connectivity index (χ2v) is 6.69. The van der Waals surface area contributed by atoms with Crippen LogP contribution in [-0.2, 0) is 16.4 Å². The lowest BCUT2D eigenvalue weighted by Gasteiger charge is -2.08. The molecule has 0 unspecified atom stereocenters. The molecule has 0 aliphatic carbocycles. The van der Waals surface area contributed by atoms with Gasteiger partial charge in [0.2, 0.25) is 0 Å². The summed E-state index contributed by atoms with van der Waals surface area (Å²) < 4.78 is 22.7. The summed E-state index contributed by atoms with van der Waals surface area (Å²) in [5.41, 5.74) is 7.64. The van der Waals surface area contributed by atoms with Gasteiger partial charge in [-0.05, 0) is 35.9 Å². The maximum Gasteiger partial charge on any atom is 0.251 e. The van der Waals surface area contributed by atoms with Crippen molar-refractivity contribution in [3.63, 3.8) is 0 Å². The minimum absolute atomic E-state index is 0.186. The third-order valence-electron chi connectivity index (χ3n) is 3.04. The maximum absolute atomic E-state index is 12.0. The van der Waals surface area contributed by atoms with Gasteiger partial charge in [0, 0.05) is 24.1 Å². The van der Waals surface area contributed by atoms with Crippen LogP contribution in [0, 0.1) is 0 Å². The highest BCUT2D eigenvalue weighted by atomic mass is 32.2. The predicted octanol–water partition coefficient (Wildman–Crippen LogP) is 1.60. The van der Waals surface area contributed by atoms with Crippen LogP contribution in [0.2, 0.25) is 0 Å². The van der Waals surface area contributed by atoms with Crippen molar-refractivity contribution in [1.82, 2.24) is 5.32 Å². The second kappa shape index (κ2) is 5.97. The molecule has 0 spiro atoms. The number of carbonyl (C=O) groups is 1. The van der Waals surface area contributed by atoms with E-state index in [4.69, 9.17) is 5.73 Å². The van der Waals surface area contributed by atoms with Crippen LogP contribution in [0.15, 0.2) is 53.4 Å². The highest BCUT2D eigenvalue weighted by Crippen LogP contribution is 2.12. The van der Waals surface area contributed by atoms with E-state index in [0.29, 0.717) is 17.8 Å². The van der Waals surface area contributed by atoms with E-state index >= 15 is 0 Å². The van der Waals surface area contributed by atoms with E-state index < -0.39 is 9.84 Å². The Bertz CT molecular complexity index is 753. The Morgan fingerprint density at radius 3 is 2.29 bits per heavy atom. The molecule has 0 saturated carbocycles. The first-order valence-corrected chi connectivity index (χ1v) is 8.19. The molecular formula is C15H16N2O3S. The molecule has 0 radical (unpaired) electrons. The Kier molecular flexibility index (Phi) is 4.28. The summed E-state index contributed by atoms with van der Waals surface area (Å²) in [5.74, 6) is -0.279. The quantitative estimate of drug-likeness (QED) is 0.840. The van der Waals surface area contributed by atoms with Gasteiger partial charge in [-0.3, -0.25) is 4.79 Å². The number of hydrogen-bond donors (Lipinski definition) is 2. The summed E-state index contributed by atoms with van der Waals surface area (Å²) in [6, 6.07) is 13.1. The van der Waals surface area contributed by atoms with Crippen molar-refractivity contribution in [2.75, 3.05) is 12.0 Å². The topological polar surface area (TPSA) is 89.3 Å². The van der Waals surface area contributed by atoms with Gasteiger partial charge in [-0.1, -0.05) is 18.2 Å². The average Bonchev–Trinajstić information content (AvgIpc) is 2.45. The molecule has 0 fully saturated rings. The maximum atomic E-state index is 12.0. The molecule has 0 saturated heterocycles. The van der Waals surface area contributed by atoms with Gasteiger partial charge in [0.05, 0.1) is 4.90 Å². The number of hydrogen-bond acceptors (Lipinski definition) is 4. The predicted molar refractivity (Wildman–Crippen MR) is 81.6 cm³/mol. The van der Waals surface area contributed by atoms with Gasteiger partial charge in [0.25, 0.3) is 5.91 Å². The molecule has 3 N–H and O–H groups in total. The Balaban J connectivity index is 2.06. The zero-order chi connectivity index (χ0) is 15.5. The zero-order valence-corrected chi connectivity index (χ0v) is 12.4. The highest BCUT2D eigenvalue weighted by molar-refractivity contribution is 7.90. The van der Waals surface area contributed by atoms with Crippen molar-refractivity contribution in [2.24, 2.45) is 0 Å². The summed E-state index contributed by atoms with van der Waals surface area (Å²) in [6.45, 7) is 0.319. The van der Waals surface area contributed by atoms with Crippen molar-refractivity contribution in [1.29, 1.82) is 0 Å². The van der Waals surface area contributed by atoms with Crippen LogP contribution in [-0.4, -0.2) is 20.6 Å². The van der Waals surface area contributed by atoms with Gasteiger partial charge < -0.3 is 11.1 Å². The van der Waals surface area contributed by atoms with E-state index in [0.717, 1.165) is 11.8 Å². The van der Waals surface area contributed by atoms with E-state index in [-0.39, 0.29) is 10.8 Å². The Labute approximate surface area is 123 Å². The smallest absolute Gasteiger partial charge is 0.251 e. The van der Waals surface area contributed by atoms with Crippen LogP contribution in [0.3, 0.4) is 0 Å². The molecule has 6 heteroatoms. The second-order valence-electron chi connectivity index (χ2n) is 4.68. The molecule has 0 aliphatic heterocycles. The lowest BCUT2D eigenvalue weighted by atomic mass is 10.1. The summed E-state index contributed by atoms with van der Waals surface area (Å²) in [7, 11) is -3.25. The molecule has 0 bridgehead atoms. The normalized spacial score (nSPS) is 11.1. The zero-order valence-electron chi connectivity index (χ0n) is 11.5. The van der Waals surface area contributed by atoms with Gasteiger partial charge in [-0.15, -0.1) is 0 Å². The molecule has 0 aromatic heterocycles. The van der Waals surface area contributed by atoms with E-state index in [9.17, 15) is 13.2 Å². The van der Waals surface area contributed by atoms with E-state index in [1.807, 2.05) is 18.2 Å². The molecule has 2 aromatic rings. The van der Waals surface area contributed by atoms with Crippen molar-refractivity contribution < 1.29 is 13.2 Å². The first-order chi connectivity index (χ1) is 9.88. The fraction of sp³-hybridized carbons (Fsp3) is 0.133. The van der Waals surface area contributed by atoms with Crippen LogP contribution in [0.1, 0.15) is 15.9 Å². The van der Waals surface area contributed by atoms with Crippen molar-refractivity contribution in [3.8, 4) is 0 Å².